The molecule has 1 aliphatic rings. The smallest absolute Gasteiger partial charge is 0.408 e. The molecule has 0 saturated heterocycles. The van der Waals surface area contributed by atoms with Crippen LogP contribution >= 0.6 is 0 Å². The topological polar surface area (TPSA) is 38.3 Å². The van der Waals surface area contributed by atoms with Crippen molar-refractivity contribution in [3.05, 3.63) is 0 Å². The predicted molar refractivity (Wildman–Crippen MR) is 56.2 cm³/mol. The van der Waals surface area contributed by atoms with Crippen molar-refractivity contribution >= 4 is 6.09 Å². The van der Waals surface area contributed by atoms with Crippen LogP contribution in [0, 0.1) is 0 Å². The lowest BCUT2D eigenvalue weighted by Crippen LogP contribution is -2.45. The summed E-state index contributed by atoms with van der Waals surface area (Å²) >= 11 is 0. The molecule has 82 valence electrons. The van der Waals surface area contributed by atoms with Gasteiger partial charge >= 0.3 is 6.09 Å². The van der Waals surface area contributed by atoms with Crippen LogP contribution < -0.4 is 5.32 Å². The quantitative estimate of drug-likeness (QED) is 0.705. The summed E-state index contributed by atoms with van der Waals surface area (Å²) in [6.07, 6.45) is 4.23. The lowest BCUT2D eigenvalue weighted by atomic mass is 10.0. The maximum atomic E-state index is 11.5. The summed E-state index contributed by atoms with van der Waals surface area (Å²) in [5.74, 6) is 0. The zero-order valence-electron chi connectivity index (χ0n) is 9.64. The lowest BCUT2D eigenvalue weighted by molar-refractivity contribution is 0.0466. The largest absolute Gasteiger partial charge is 0.444 e. The van der Waals surface area contributed by atoms with E-state index in [0.29, 0.717) is 0 Å². The van der Waals surface area contributed by atoms with Crippen molar-refractivity contribution in [1.82, 2.24) is 5.32 Å². The Bertz CT molecular complexity index is 212. The molecule has 1 rings (SSSR count). The Labute approximate surface area is 86.2 Å². The number of carbonyl (C=O) groups excluding carboxylic acids is 1. The molecule has 0 aliphatic heterocycles. The average Bonchev–Trinajstić information content (AvgIpc) is 2.30. The third-order valence-corrected chi connectivity index (χ3v) is 2.51. The van der Waals surface area contributed by atoms with Crippen molar-refractivity contribution in [3.63, 3.8) is 0 Å². The van der Waals surface area contributed by atoms with Crippen LogP contribution in [0.2, 0.25) is 0 Å². The van der Waals surface area contributed by atoms with E-state index in [0.717, 1.165) is 12.8 Å². The van der Waals surface area contributed by atoms with Gasteiger partial charge in [0, 0.05) is 5.54 Å². The zero-order chi connectivity index (χ0) is 10.8. The summed E-state index contributed by atoms with van der Waals surface area (Å²) in [5, 5.41) is 2.95. The number of amides is 1. The van der Waals surface area contributed by atoms with E-state index in [1.807, 2.05) is 20.8 Å². The number of ether oxygens (including phenoxy) is 1. The second-order valence-corrected chi connectivity index (χ2v) is 5.39. The van der Waals surface area contributed by atoms with Crippen LogP contribution in [-0.4, -0.2) is 17.2 Å². The molecule has 0 heterocycles. The zero-order valence-corrected chi connectivity index (χ0v) is 9.64. The molecule has 1 N–H and O–H groups in total. The van der Waals surface area contributed by atoms with Crippen molar-refractivity contribution in [3.8, 4) is 0 Å². The van der Waals surface area contributed by atoms with Crippen LogP contribution in [-0.2, 0) is 4.74 Å². The Morgan fingerprint density at radius 1 is 1.29 bits per heavy atom. The number of alkyl carbamates (subject to hydrolysis) is 1. The summed E-state index contributed by atoms with van der Waals surface area (Å²) in [6, 6.07) is 0. The Kier molecular flexibility index (Phi) is 3.07. The summed E-state index contributed by atoms with van der Waals surface area (Å²) in [6.45, 7) is 7.72. The normalized spacial score (nSPS) is 20.6. The van der Waals surface area contributed by atoms with Gasteiger partial charge < -0.3 is 10.1 Å². The first-order valence-electron chi connectivity index (χ1n) is 5.32. The molecule has 0 bridgehead atoms. The van der Waals surface area contributed by atoms with Crippen molar-refractivity contribution in [2.75, 3.05) is 0 Å². The van der Waals surface area contributed by atoms with Crippen molar-refractivity contribution < 1.29 is 9.53 Å². The van der Waals surface area contributed by atoms with Gasteiger partial charge in [0.05, 0.1) is 0 Å². The molecule has 3 nitrogen and oxygen atoms in total. The van der Waals surface area contributed by atoms with Gasteiger partial charge in [0.25, 0.3) is 0 Å². The standard InChI is InChI=1S/C11H21NO2/c1-10(2,3)14-9(13)12-11(4)7-5-6-8-11/h5-8H2,1-4H3,(H,12,13). The van der Waals surface area contributed by atoms with E-state index >= 15 is 0 Å². The molecular formula is C11H21NO2. The summed E-state index contributed by atoms with van der Waals surface area (Å²) in [5.41, 5.74) is -0.443. The van der Waals surface area contributed by atoms with E-state index in [1.165, 1.54) is 12.8 Å². The molecular weight excluding hydrogens is 178 g/mol. The maximum Gasteiger partial charge on any atom is 0.408 e. The summed E-state index contributed by atoms with van der Waals surface area (Å²) < 4.78 is 5.21. The molecule has 0 radical (unpaired) electrons. The highest BCUT2D eigenvalue weighted by molar-refractivity contribution is 5.68. The van der Waals surface area contributed by atoms with Gasteiger partial charge in [-0.05, 0) is 40.5 Å². The van der Waals surface area contributed by atoms with Crippen molar-refractivity contribution in [2.45, 2.75) is 64.5 Å². The van der Waals surface area contributed by atoms with Gasteiger partial charge in [-0.25, -0.2) is 4.79 Å². The minimum atomic E-state index is -0.404. The Morgan fingerprint density at radius 3 is 2.21 bits per heavy atom. The molecule has 1 amide bonds. The van der Waals surface area contributed by atoms with Gasteiger partial charge in [-0.1, -0.05) is 12.8 Å². The molecule has 1 aliphatic carbocycles. The molecule has 0 unspecified atom stereocenters. The Morgan fingerprint density at radius 2 is 1.79 bits per heavy atom. The van der Waals surface area contributed by atoms with Gasteiger partial charge in [0.2, 0.25) is 0 Å². The molecule has 14 heavy (non-hydrogen) atoms. The number of rotatable bonds is 1. The highest BCUT2D eigenvalue weighted by Gasteiger charge is 2.31. The summed E-state index contributed by atoms with van der Waals surface area (Å²) in [7, 11) is 0. The van der Waals surface area contributed by atoms with Crippen LogP contribution in [0.5, 0.6) is 0 Å². The van der Waals surface area contributed by atoms with Gasteiger partial charge in [-0.15, -0.1) is 0 Å². The third kappa shape index (κ3) is 3.56. The van der Waals surface area contributed by atoms with Gasteiger partial charge in [-0.2, -0.15) is 0 Å². The second-order valence-electron chi connectivity index (χ2n) is 5.39. The van der Waals surface area contributed by atoms with Crippen LogP contribution in [0.15, 0.2) is 0 Å². The second kappa shape index (κ2) is 3.79. The molecule has 1 saturated carbocycles. The van der Waals surface area contributed by atoms with Gasteiger partial charge in [0.15, 0.2) is 0 Å². The van der Waals surface area contributed by atoms with Crippen LogP contribution in [0.25, 0.3) is 0 Å². The molecule has 3 heteroatoms. The van der Waals surface area contributed by atoms with Crippen LogP contribution in [0.4, 0.5) is 4.79 Å². The van der Waals surface area contributed by atoms with Crippen LogP contribution in [0.3, 0.4) is 0 Å². The summed E-state index contributed by atoms with van der Waals surface area (Å²) in [4.78, 5) is 11.5. The highest BCUT2D eigenvalue weighted by Crippen LogP contribution is 2.29. The van der Waals surface area contributed by atoms with E-state index in [2.05, 4.69) is 12.2 Å². The van der Waals surface area contributed by atoms with Gasteiger partial charge in [-0.3, -0.25) is 0 Å². The number of carbonyl (C=O) groups is 1. The average molecular weight is 199 g/mol. The fourth-order valence-electron chi connectivity index (χ4n) is 1.83. The minimum Gasteiger partial charge on any atom is -0.444 e. The fourth-order valence-corrected chi connectivity index (χ4v) is 1.83. The van der Waals surface area contributed by atoms with E-state index in [-0.39, 0.29) is 11.6 Å². The maximum absolute atomic E-state index is 11.5. The Balaban J connectivity index is 2.40. The van der Waals surface area contributed by atoms with E-state index in [1.54, 1.807) is 0 Å². The first-order valence-corrected chi connectivity index (χ1v) is 5.32. The molecule has 0 aromatic carbocycles. The first kappa shape index (κ1) is 11.3. The third-order valence-electron chi connectivity index (χ3n) is 2.51. The van der Waals surface area contributed by atoms with E-state index < -0.39 is 5.60 Å². The van der Waals surface area contributed by atoms with Crippen molar-refractivity contribution in [1.29, 1.82) is 0 Å². The van der Waals surface area contributed by atoms with E-state index in [4.69, 9.17) is 4.74 Å². The molecule has 1 fully saturated rings. The van der Waals surface area contributed by atoms with Crippen molar-refractivity contribution in [2.24, 2.45) is 0 Å². The van der Waals surface area contributed by atoms with Crippen LogP contribution in [0.1, 0.15) is 53.4 Å². The Hall–Kier alpha value is -0.730. The minimum absolute atomic E-state index is 0.0394. The molecule has 0 aromatic rings. The SMILES string of the molecule is CC1(NC(=O)OC(C)(C)C)CCCC1. The van der Waals surface area contributed by atoms with E-state index in [9.17, 15) is 4.79 Å². The number of hydrogen-bond donors (Lipinski definition) is 1. The molecule has 0 aromatic heterocycles. The predicted octanol–water partition coefficient (Wildman–Crippen LogP) is 2.84. The molecule has 0 spiro atoms. The first-order chi connectivity index (χ1) is 6.31. The molecule has 0 atom stereocenters. The number of nitrogens with one attached hydrogen (secondary N) is 1. The fraction of sp³-hybridized carbons (Fsp3) is 0.909. The lowest BCUT2D eigenvalue weighted by Gasteiger charge is -2.28. The monoisotopic (exact) mass is 199 g/mol. The highest BCUT2D eigenvalue weighted by atomic mass is 16.6. The number of hydrogen-bond acceptors (Lipinski definition) is 2. The van der Waals surface area contributed by atoms with Gasteiger partial charge in [0.1, 0.15) is 5.60 Å².